The molecule has 0 spiro atoms. The third kappa shape index (κ3) is 2.78. The highest BCUT2D eigenvalue weighted by Gasteiger charge is 2.21. The van der Waals surface area contributed by atoms with Crippen LogP contribution in [-0.2, 0) is 4.79 Å². The molecule has 3 rings (SSSR count). The first-order chi connectivity index (χ1) is 9.22. The Morgan fingerprint density at radius 1 is 1.32 bits per heavy atom. The maximum absolute atomic E-state index is 12.2. The second-order valence-corrected chi connectivity index (χ2v) is 6.35. The van der Waals surface area contributed by atoms with Gasteiger partial charge in [-0.1, -0.05) is 36.7 Å². The van der Waals surface area contributed by atoms with E-state index in [0.717, 1.165) is 28.2 Å². The number of carbonyl (C=O) groups is 1. The average molecular weight is 274 g/mol. The zero-order valence-corrected chi connectivity index (χ0v) is 11.9. The van der Waals surface area contributed by atoms with E-state index in [2.05, 4.69) is 29.4 Å². The van der Waals surface area contributed by atoms with E-state index in [1.165, 1.54) is 24.8 Å². The van der Waals surface area contributed by atoms with Gasteiger partial charge in [-0.15, -0.1) is 0 Å². The first-order valence-electron chi connectivity index (χ1n) is 6.90. The van der Waals surface area contributed by atoms with E-state index < -0.39 is 0 Å². The maximum Gasteiger partial charge on any atom is 0.229 e. The fourth-order valence-corrected chi connectivity index (χ4v) is 3.62. The molecule has 100 valence electrons. The largest absolute Gasteiger partial charge is 0.302 e. The van der Waals surface area contributed by atoms with E-state index in [9.17, 15) is 4.79 Å². The smallest absolute Gasteiger partial charge is 0.229 e. The van der Waals surface area contributed by atoms with Crippen LogP contribution in [0.3, 0.4) is 0 Å². The van der Waals surface area contributed by atoms with Crippen LogP contribution in [0.15, 0.2) is 18.2 Å². The first kappa shape index (κ1) is 12.6. The lowest BCUT2D eigenvalue weighted by Gasteiger charge is -2.19. The minimum Gasteiger partial charge on any atom is -0.302 e. The molecule has 1 amide bonds. The number of anilines is 1. The van der Waals surface area contributed by atoms with Crippen LogP contribution >= 0.6 is 11.3 Å². The molecule has 4 heteroatoms. The summed E-state index contributed by atoms with van der Waals surface area (Å²) in [6, 6.07) is 6.18. The van der Waals surface area contributed by atoms with Crippen LogP contribution in [0.5, 0.6) is 0 Å². The summed E-state index contributed by atoms with van der Waals surface area (Å²) >= 11 is 1.56. The molecule has 1 aromatic carbocycles. The van der Waals surface area contributed by atoms with E-state index in [0.29, 0.717) is 0 Å². The van der Waals surface area contributed by atoms with Gasteiger partial charge in [0.05, 0.1) is 10.2 Å². The number of aromatic nitrogens is 1. The molecule has 3 nitrogen and oxygen atoms in total. The molecule has 0 atom stereocenters. The number of amides is 1. The SMILES string of the molecule is Cc1ccc2nc(NC(=O)C3CCCCC3)sc2c1. The highest BCUT2D eigenvalue weighted by atomic mass is 32.1. The van der Waals surface area contributed by atoms with E-state index >= 15 is 0 Å². The molecule has 19 heavy (non-hydrogen) atoms. The molecule has 1 saturated carbocycles. The van der Waals surface area contributed by atoms with Gasteiger partial charge < -0.3 is 5.32 Å². The molecule has 2 aromatic rings. The van der Waals surface area contributed by atoms with Crippen LogP contribution in [-0.4, -0.2) is 10.9 Å². The Kier molecular flexibility index (Phi) is 3.51. The zero-order chi connectivity index (χ0) is 13.2. The van der Waals surface area contributed by atoms with Gasteiger partial charge in [-0.2, -0.15) is 0 Å². The van der Waals surface area contributed by atoms with Gasteiger partial charge in [0, 0.05) is 5.92 Å². The number of thiazole rings is 1. The van der Waals surface area contributed by atoms with Gasteiger partial charge in [0.25, 0.3) is 0 Å². The Balaban J connectivity index is 1.75. The number of aryl methyl sites for hydroxylation is 1. The molecule has 1 fully saturated rings. The fraction of sp³-hybridized carbons (Fsp3) is 0.467. The van der Waals surface area contributed by atoms with E-state index in [-0.39, 0.29) is 11.8 Å². The topological polar surface area (TPSA) is 42.0 Å². The van der Waals surface area contributed by atoms with Crippen molar-refractivity contribution < 1.29 is 4.79 Å². The zero-order valence-electron chi connectivity index (χ0n) is 11.1. The first-order valence-corrected chi connectivity index (χ1v) is 7.72. The Bertz CT molecular complexity index is 599. The Hall–Kier alpha value is -1.42. The Morgan fingerprint density at radius 3 is 2.89 bits per heavy atom. The van der Waals surface area contributed by atoms with E-state index in [1.54, 1.807) is 11.3 Å². The summed E-state index contributed by atoms with van der Waals surface area (Å²) in [5, 5.41) is 3.72. The van der Waals surface area contributed by atoms with Crippen LogP contribution < -0.4 is 5.32 Å². The highest BCUT2D eigenvalue weighted by molar-refractivity contribution is 7.22. The molecule has 1 heterocycles. The van der Waals surface area contributed by atoms with Crippen LogP contribution in [0.25, 0.3) is 10.2 Å². The van der Waals surface area contributed by atoms with Crippen LogP contribution in [0.2, 0.25) is 0 Å². The van der Waals surface area contributed by atoms with Crippen molar-refractivity contribution in [2.75, 3.05) is 5.32 Å². The molecule has 1 N–H and O–H groups in total. The van der Waals surface area contributed by atoms with E-state index in [1.807, 2.05) is 6.07 Å². The number of nitrogens with one attached hydrogen (secondary N) is 1. The maximum atomic E-state index is 12.2. The lowest BCUT2D eigenvalue weighted by molar-refractivity contribution is -0.120. The molecule has 0 saturated heterocycles. The molecular weight excluding hydrogens is 256 g/mol. The monoisotopic (exact) mass is 274 g/mol. The van der Waals surface area contributed by atoms with Gasteiger partial charge in [-0.3, -0.25) is 4.79 Å². The summed E-state index contributed by atoms with van der Waals surface area (Å²) < 4.78 is 1.14. The fourth-order valence-electron chi connectivity index (χ4n) is 2.66. The molecule has 0 aliphatic heterocycles. The third-order valence-electron chi connectivity index (χ3n) is 3.75. The van der Waals surface area contributed by atoms with Gasteiger partial charge in [0.15, 0.2) is 5.13 Å². The van der Waals surface area contributed by atoms with Crippen LogP contribution in [0, 0.1) is 12.8 Å². The average Bonchev–Trinajstić information content (AvgIpc) is 2.81. The summed E-state index contributed by atoms with van der Waals surface area (Å²) in [6.45, 7) is 2.07. The minimum absolute atomic E-state index is 0.149. The van der Waals surface area contributed by atoms with Gasteiger partial charge in [-0.05, 0) is 37.5 Å². The van der Waals surface area contributed by atoms with Gasteiger partial charge in [0.2, 0.25) is 5.91 Å². The molecule has 0 unspecified atom stereocenters. The molecular formula is C15H18N2OS. The summed E-state index contributed by atoms with van der Waals surface area (Å²) in [5.74, 6) is 0.331. The Morgan fingerprint density at radius 2 is 2.11 bits per heavy atom. The van der Waals surface area contributed by atoms with Gasteiger partial charge in [-0.25, -0.2) is 4.98 Å². The van der Waals surface area contributed by atoms with Crippen LogP contribution in [0.1, 0.15) is 37.7 Å². The molecule has 0 bridgehead atoms. The van der Waals surface area contributed by atoms with Crippen molar-refractivity contribution in [1.29, 1.82) is 0 Å². The highest BCUT2D eigenvalue weighted by Crippen LogP contribution is 2.29. The number of hydrogen-bond acceptors (Lipinski definition) is 3. The second-order valence-electron chi connectivity index (χ2n) is 5.31. The molecule has 0 radical (unpaired) electrons. The number of nitrogens with zero attached hydrogens (tertiary/aromatic N) is 1. The van der Waals surface area contributed by atoms with Crippen molar-refractivity contribution in [2.45, 2.75) is 39.0 Å². The summed E-state index contributed by atoms with van der Waals surface area (Å²) in [7, 11) is 0. The van der Waals surface area contributed by atoms with Crippen LogP contribution in [0.4, 0.5) is 5.13 Å². The minimum atomic E-state index is 0.149. The molecule has 1 aliphatic rings. The van der Waals surface area contributed by atoms with Crippen molar-refractivity contribution in [2.24, 2.45) is 5.92 Å². The van der Waals surface area contributed by atoms with Gasteiger partial charge >= 0.3 is 0 Å². The standard InChI is InChI=1S/C15H18N2OS/c1-10-7-8-12-13(9-10)19-15(16-12)17-14(18)11-5-3-2-4-6-11/h7-9,11H,2-6H2,1H3,(H,16,17,18). The number of hydrogen-bond donors (Lipinski definition) is 1. The predicted molar refractivity (Wildman–Crippen MR) is 79.6 cm³/mol. The third-order valence-corrected chi connectivity index (χ3v) is 4.68. The van der Waals surface area contributed by atoms with Crippen molar-refractivity contribution in [3.8, 4) is 0 Å². The molecule has 1 aliphatic carbocycles. The van der Waals surface area contributed by atoms with Gasteiger partial charge in [0.1, 0.15) is 0 Å². The van der Waals surface area contributed by atoms with Crippen molar-refractivity contribution in [1.82, 2.24) is 4.98 Å². The lowest BCUT2D eigenvalue weighted by atomic mass is 9.89. The molecule has 1 aromatic heterocycles. The van der Waals surface area contributed by atoms with Crippen molar-refractivity contribution >= 4 is 32.6 Å². The predicted octanol–water partition coefficient (Wildman–Crippen LogP) is 4.12. The summed E-state index contributed by atoms with van der Waals surface area (Å²) in [6.07, 6.45) is 5.67. The lowest BCUT2D eigenvalue weighted by Crippen LogP contribution is -2.24. The van der Waals surface area contributed by atoms with Crippen molar-refractivity contribution in [3.63, 3.8) is 0 Å². The number of benzene rings is 1. The number of carbonyl (C=O) groups excluding carboxylic acids is 1. The summed E-state index contributed by atoms with van der Waals surface area (Å²) in [5.41, 5.74) is 2.19. The number of rotatable bonds is 2. The van der Waals surface area contributed by atoms with Crippen molar-refractivity contribution in [3.05, 3.63) is 23.8 Å². The second kappa shape index (κ2) is 5.29. The Labute approximate surface area is 117 Å². The van der Waals surface area contributed by atoms with E-state index in [4.69, 9.17) is 0 Å². The normalized spacial score (nSPS) is 16.7. The number of fused-ring (bicyclic) bond motifs is 1. The quantitative estimate of drug-likeness (QED) is 0.895. The summed E-state index contributed by atoms with van der Waals surface area (Å²) in [4.78, 5) is 16.6.